The lowest BCUT2D eigenvalue weighted by molar-refractivity contribution is -0.151. The van der Waals surface area contributed by atoms with Gasteiger partial charge >= 0.3 is 5.97 Å². The number of ether oxygens (including phenoxy) is 1. The summed E-state index contributed by atoms with van der Waals surface area (Å²) in [6.07, 6.45) is 4.20. The molecule has 2 amide bonds. The van der Waals surface area contributed by atoms with E-state index in [2.05, 4.69) is 28.2 Å². The van der Waals surface area contributed by atoms with E-state index in [4.69, 9.17) is 4.74 Å². The van der Waals surface area contributed by atoms with E-state index in [0.717, 1.165) is 30.2 Å². The van der Waals surface area contributed by atoms with E-state index in [9.17, 15) is 14.4 Å². The summed E-state index contributed by atoms with van der Waals surface area (Å²) in [5, 5.41) is 2.49. The van der Waals surface area contributed by atoms with Crippen molar-refractivity contribution in [3.8, 4) is 0 Å². The topological polar surface area (TPSA) is 75.7 Å². The number of likely N-dealkylation sites (N-methyl/N-ethyl adjacent to an activating group) is 1. The monoisotopic (exact) mass is 424 g/mol. The molecule has 1 aliphatic carbocycles. The molecule has 0 aliphatic heterocycles. The molecule has 0 radical (unpaired) electrons. The average molecular weight is 425 g/mol. The number of nitrogens with zero attached hydrogens (tertiary/aromatic N) is 1. The molecule has 142 valence electrons. The summed E-state index contributed by atoms with van der Waals surface area (Å²) in [4.78, 5) is 37.6. The summed E-state index contributed by atoms with van der Waals surface area (Å²) in [6.45, 7) is 1.66. The Bertz CT molecular complexity index is 639. The van der Waals surface area contributed by atoms with Crippen LogP contribution in [0.25, 0.3) is 0 Å². The van der Waals surface area contributed by atoms with Gasteiger partial charge in [0.25, 0.3) is 11.8 Å². The SMILES string of the molecule is CC1CCC(N(C)C(=O)COC(=O)CNC(=O)c2ccc(Br)cc2)CC1. The molecular weight excluding hydrogens is 400 g/mol. The Morgan fingerprint density at radius 1 is 1.15 bits per heavy atom. The smallest absolute Gasteiger partial charge is 0.325 e. The average Bonchev–Trinajstić information content (AvgIpc) is 2.64. The quantitative estimate of drug-likeness (QED) is 0.712. The molecule has 0 spiro atoms. The first-order valence-corrected chi connectivity index (χ1v) is 9.61. The lowest BCUT2D eigenvalue weighted by atomic mass is 9.87. The summed E-state index contributed by atoms with van der Waals surface area (Å²) < 4.78 is 5.85. The Balaban J connectivity index is 1.70. The van der Waals surface area contributed by atoms with Crippen LogP contribution in [0.2, 0.25) is 0 Å². The molecule has 0 saturated heterocycles. The highest BCUT2D eigenvalue weighted by Gasteiger charge is 2.25. The van der Waals surface area contributed by atoms with Gasteiger partial charge in [0.2, 0.25) is 0 Å². The van der Waals surface area contributed by atoms with Gasteiger partial charge in [-0.25, -0.2) is 0 Å². The third-order valence-corrected chi connectivity index (χ3v) is 5.31. The lowest BCUT2D eigenvalue weighted by Crippen LogP contribution is -2.42. The van der Waals surface area contributed by atoms with Crippen molar-refractivity contribution < 1.29 is 19.1 Å². The standard InChI is InChI=1S/C19H25BrN2O4/c1-13-3-9-16(10-4-13)22(2)17(23)12-26-18(24)11-21-19(25)14-5-7-15(20)8-6-14/h5-8,13,16H,3-4,9-12H2,1-2H3,(H,21,25). The molecule has 0 heterocycles. The van der Waals surface area contributed by atoms with Crippen molar-refractivity contribution in [2.45, 2.75) is 38.6 Å². The molecular formula is C19H25BrN2O4. The van der Waals surface area contributed by atoms with Crippen molar-refractivity contribution in [2.75, 3.05) is 20.2 Å². The van der Waals surface area contributed by atoms with Crippen LogP contribution in [0, 0.1) is 5.92 Å². The Morgan fingerprint density at radius 2 is 1.77 bits per heavy atom. The second-order valence-electron chi connectivity index (χ2n) is 6.77. The van der Waals surface area contributed by atoms with Crippen molar-refractivity contribution in [2.24, 2.45) is 5.92 Å². The van der Waals surface area contributed by atoms with Crippen LogP contribution in [0.4, 0.5) is 0 Å². The van der Waals surface area contributed by atoms with E-state index < -0.39 is 5.97 Å². The number of nitrogens with one attached hydrogen (secondary N) is 1. The van der Waals surface area contributed by atoms with Gasteiger partial charge in [0, 0.05) is 23.1 Å². The predicted molar refractivity (Wildman–Crippen MR) is 102 cm³/mol. The number of benzene rings is 1. The fourth-order valence-electron chi connectivity index (χ4n) is 2.98. The molecule has 0 unspecified atom stereocenters. The van der Waals surface area contributed by atoms with Crippen molar-refractivity contribution in [3.63, 3.8) is 0 Å². The highest BCUT2D eigenvalue weighted by atomic mass is 79.9. The number of carbonyl (C=O) groups excluding carboxylic acids is 3. The van der Waals surface area contributed by atoms with E-state index >= 15 is 0 Å². The first-order chi connectivity index (χ1) is 12.4. The maximum atomic E-state index is 12.2. The van der Waals surface area contributed by atoms with Gasteiger partial charge < -0.3 is 15.0 Å². The summed E-state index contributed by atoms with van der Waals surface area (Å²) in [6, 6.07) is 7.00. The number of carbonyl (C=O) groups is 3. The molecule has 1 fully saturated rings. The van der Waals surface area contributed by atoms with Crippen LogP contribution in [0.5, 0.6) is 0 Å². The third-order valence-electron chi connectivity index (χ3n) is 4.78. The lowest BCUT2D eigenvalue weighted by Gasteiger charge is -2.33. The van der Waals surface area contributed by atoms with Crippen LogP contribution in [-0.4, -0.2) is 48.9 Å². The van der Waals surface area contributed by atoms with Gasteiger partial charge in [-0.1, -0.05) is 22.9 Å². The number of hydrogen-bond donors (Lipinski definition) is 1. The second kappa shape index (κ2) is 9.71. The molecule has 0 aromatic heterocycles. The number of rotatable bonds is 6. The van der Waals surface area contributed by atoms with Gasteiger partial charge in [-0.3, -0.25) is 14.4 Å². The van der Waals surface area contributed by atoms with Gasteiger partial charge in [-0.2, -0.15) is 0 Å². The van der Waals surface area contributed by atoms with E-state index in [1.807, 2.05) is 0 Å². The maximum absolute atomic E-state index is 12.2. The summed E-state index contributed by atoms with van der Waals surface area (Å²) in [5.74, 6) is -0.497. The van der Waals surface area contributed by atoms with Crippen molar-refractivity contribution >= 4 is 33.7 Å². The van der Waals surface area contributed by atoms with Crippen molar-refractivity contribution in [1.82, 2.24) is 10.2 Å². The van der Waals surface area contributed by atoms with Gasteiger partial charge in [0.15, 0.2) is 6.61 Å². The van der Waals surface area contributed by atoms with E-state index in [-0.39, 0.29) is 31.0 Å². The Morgan fingerprint density at radius 3 is 2.38 bits per heavy atom. The zero-order valence-corrected chi connectivity index (χ0v) is 16.8. The van der Waals surface area contributed by atoms with Gasteiger partial charge in [0.1, 0.15) is 6.54 Å². The Labute approximate surface area is 162 Å². The molecule has 1 saturated carbocycles. The highest BCUT2D eigenvalue weighted by Crippen LogP contribution is 2.26. The molecule has 1 N–H and O–H groups in total. The molecule has 0 atom stereocenters. The zero-order valence-electron chi connectivity index (χ0n) is 15.2. The van der Waals surface area contributed by atoms with Crippen LogP contribution >= 0.6 is 15.9 Å². The van der Waals surface area contributed by atoms with Crippen LogP contribution < -0.4 is 5.32 Å². The molecule has 1 aliphatic rings. The number of amides is 2. The van der Waals surface area contributed by atoms with E-state index in [0.29, 0.717) is 11.5 Å². The summed E-state index contributed by atoms with van der Waals surface area (Å²) in [5.41, 5.74) is 0.448. The summed E-state index contributed by atoms with van der Waals surface area (Å²) >= 11 is 3.29. The second-order valence-corrected chi connectivity index (χ2v) is 7.68. The predicted octanol–water partition coefficient (Wildman–Crippen LogP) is 2.76. The van der Waals surface area contributed by atoms with Crippen LogP contribution in [0.3, 0.4) is 0 Å². The zero-order chi connectivity index (χ0) is 19.1. The molecule has 7 heteroatoms. The molecule has 0 bridgehead atoms. The van der Waals surface area contributed by atoms with Crippen molar-refractivity contribution in [3.05, 3.63) is 34.3 Å². The van der Waals surface area contributed by atoms with Crippen LogP contribution in [0.15, 0.2) is 28.7 Å². The Hall–Kier alpha value is -1.89. The van der Waals surface area contributed by atoms with Crippen molar-refractivity contribution in [1.29, 1.82) is 0 Å². The minimum absolute atomic E-state index is 0.211. The van der Waals surface area contributed by atoms with E-state index in [1.54, 1.807) is 36.2 Å². The normalized spacial score (nSPS) is 19.5. The number of esters is 1. The van der Waals surface area contributed by atoms with Crippen LogP contribution in [0.1, 0.15) is 43.0 Å². The molecule has 1 aromatic rings. The first-order valence-electron chi connectivity index (χ1n) is 8.82. The number of hydrogen-bond acceptors (Lipinski definition) is 4. The van der Waals surface area contributed by atoms with Gasteiger partial charge in [0.05, 0.1) is 0 Å². The van der Waals surface area contributed by atoms with E-state index in [1.165, 1.54) is 0 Å². The maximum Gasteiger partial charge on any atom is 0.325 e. The third kappa shape index (κ3) is 6.12. The minimum atomic E-state index is -0.630. The fourth-order valence-corrected chi connectivity index (χ4v) is 3.25. The van der Waals surface area contributed by atoms with Gasteiger partial charge in [-0.05, 0) is 55.9 Å². The van der Waals surface area contributed by atoms with Gasteiger partial charge in [-0.15, -0.1) is 0 Å². The molecule has 26 heavy (non-hydrogen) atoms. The first kappa shape index (κ1) is 20.4. The highest BCUT2D eigenvalue weighted by molar-refractivity contribution is 9.10. The Kier molecular flexibility index (Phi) is 7.63. The fraction of sp³-hybridized carbons (Fsp3) is 0.526. The molecule has 1 aromatic carbocycles. The number of halogens is 1. The van der Waals surface area contributed by atoms with Crippen LogP contribution in [-0.2, 0) is 14.3 Å². The minimum Gasteiger partial charge on any atom is -0.454 e. The largest absolute Gasteiger partial charge is 0.454 e. The summed E-state index contributed by atoms with van der Waals surface area (Å²) in [7, 11) is 1.76. The molecule has 6 nitrogen and oxygen atoms in total. The molecule has 2 rings (SSSR count).